The lowest BCUT2D eigenvalue weighted by Crippen LogP contribution is -2.52. The summed E-state index contributed by atoms with van der Waals surface area (Å²) >= 11 is 0. The topological polar surface area (TPSA) is 85.7 Å². The van der Waals surface area contributed by atoms with Gasteiger partial charge in [0.1, 0.15) is 5.66 Å². The first kappa shape index (κ1) is 11.4. The first-order chi connectivity index (χ1) is 7.65. The van der Waals surface area contributed by atoms with Crippen molar-refractivity contribution in [1.82, 2.24) is 5.32 Å². The van der Waals surface area contributed by atoms with E-state index in [-0.39, 0.29) is 0 Å². The summed E-state index contributed by atoms with van der Waals surface area (Å²) in [6.45, 7) is 3.44. The number of nitrogens with two attached hydrogens (primary N) is 2. The minimum atomic E-state index is -0.652. The van der Waals surface area contributed by atoms with Gasteiger partial charge >= 0.3 is 0 Å². The first-order valence-electron chi connectivity index (χ1n) is 5.87. The summed E-state index contributed by atoms with van der Waals surface area (Å²) in [5, 5.41) is 3.10. The van der Waals surface area contributed by atoms with Crippen LogP contribution < -0.4 is 16.8 Å². The maximum Gasteiger partial charge on any atom is 0.195 e. The molecule has 0 saturated heterocycles. The number of nitrogens with one attached hydrogen (secondary N) is 1. The number of aliphatic imine (C=N–C) groups is 1. The number of ether oxygens (including phenoxy) is 1. The highest BCUT2D eigenvalue weighted by Gasteiger charge is 2.36. The van der Waals surface area contributed by atoms with Gasteiger partial charge in [-0.05, 0) is 12.8 Å². The van der Waals surface area contributed by atoms with Crippen molar-refractivity contribution < 1.29 is 4.74 Å². The standard InChI is InChI=1S/C11H20N4O/c1-2-3-5-11(13)8-7-16-6-4-9(8)14-10(12)15-11/h2-7,13H2,1H3,(H3,12,14,15). The second kappa shape index (κ2) is 4.43. The van der Waals surface area contributed by atoms with Gasteiger partial charge in [0.2, 0.25) is 0 Å². The number of unbranched alkanes of at least 4 members (excludes halogenated alkanes) is 1. The van der Waals surface area contributed by atoms with Crippen LogP contribution in [0.5, 0.6) is 0 Å². The zero-order valence-electron chi connectivity index (χ0n) is 9.75. The van der Waals surface area contributed by atoms with E-state index in [1.807, 2.05) is 0 Å². The van der Waals surface area contributed by atoms with E-state index in [2.05, 4.69) is 17.2 Å². The lowest BCUT2D eigenvalue weighted by molar-refractivity contribution is 0.131. The van der Waals surface area contributed by atoms with E-state index in [4.69, 9.17) is 16.2 Å². The summed E-state index contributed by atoms with van der Waals surface area (Å²) < 4.78 is 5.46. The molecule has 0 fully saturated rings. The number of hydrogen-bond donors (Lipinski definition) is 3. The average molecular weight is 224 g/mol. The molecular formula is C11H20N4O. The maximum atomic E-state index is 6.34. The molecular weight excluding hydrogens is 204 g/mol. The van der Waals surface area contributed by atoms with E-state index < -0.39 is 5.66 Å². The molecule has 0 aromatic rings. The van der Waals surface area contributed by atoms with Crippen LogP contribution in [-0.2, 0) is 4.74 Å². The lowest BCUT2D eigenvalue weighted by Gasteiger charge is -2.37. The van der Waals surface area contributed by atoms with Crippen molar-refractivity contribution in [2.24, 2.45) is 16.5 Å². The molecule has 2 aliphatic rings. The second-order valence-corrected chi connectivity index (χ2v) is 4.41. The van der Waals surface area contributed by atoms with Crippen LogP contribution in [0.25, 0.3) is 0 Å². The van der Waals surface area contributed by atoms with E-state index in [0.717, 1.165) is 43.6 Å². The Morgan fingerprint density at radius 3 is 3.12 bits per heavy atom. The highest BCUT2D eigenvalue weighted by Crippen LogP contribution is 2.30. The number of guanidine groups is 1. The first-order valence-corrected chi connectivity index (χ1v) is 5.87. The molecule has 2 heterocycles. The van der Waals surface area contributed by atoms with Crippen LogP contribution in [0.3, 0.4) is 0 Å². The second-order valence-electron chi connectivity index (χ2n) is 4.41. The highest BCUT2D eigenvalue weighted by molar-refractivity contribution is 5.82. The molecule has 0 aromatic heterocycles. The van der Waals surface area contributed by atoms with Crippen LogP contribution in [0.4, 0.5) is 0 Å². The van der Waals surface area contributed by atoms with Crippen LogP contribution in [-0.4, -0.2) is 24.8 Å². The van der Waals surface area contributed by atoms with E-state index >= 15 is 0 Å². The summed E-state index contributed by atoms with van der Waals surface area (Å²) in [7, 11) is 0. The Bertz CT molecular complexity index is 337. The van der Waals surface area contributed by atoms with Crippen molar-refractivity contribution in [2.45, 2.75) is 38.3 Å². The SMILES string of the molecule is CCCCC1(N)N=C(N)NC2=C1COCC2. The minimum Gasteiger partial charge on any atom is -0.376 e. The van der Waals surface area contributed by atoms with Gasteiger partial charge in [0.25, 0.3) is 0 Å². The molecule has 5 N–H and O–H groups in total. The van der Waals surface area contributed by atoms with Crippen LogP contribution in [0.2, 0.25) is 0 Å². The molecule has 16 heavy (non-hydrogen) atoms. The summed E-state index contributed by atoms with van der Waals surface area (Å²) in [5.41, 5.74) is 13.6. The van der Waals surface area contributed by atoms with Gasteiger partial charge in [0, 0.05) is 17.7 Å². The Balaban J connectivity index is 2.25. The third-order valence-electron chi connectivity index (χ3n) is 3.14. The normalized spacial score (nSPS) is 29.5. The Hall–Kier alpha value is -1.07. The molecule has 0 spiro atoms. The molecule has 0 aliphatic carbocycles. The van der Waals surface area contributed by atoms with Crippen molar-refractivity contribution >= 4 is 5.96 Å². The van der Waals surface area contributed by atoms with Crippen molar-refractivity contribution in [3.8, 4) is 0 Å². The number of rotatable bonds is 3. The molecule has 0 bridgehead atoms. The van der Waals surface area contributed by atoms with Crippen LogP contribution in [0.15, 0.2) is 16.3 Å². The Labute approximate surface area is 95.9 Å². The maximum absolute atomic E-state index is 6.34. The number of nitrogens with zero attached hydrogens (tertiary/aromatic N) is 1. The van der Waals surface area contributed by atoms with Crippen LogP contribution >= 0.6 is 0 Å². The van der Waals surface area contributed by atoms with Gasteiger partial charge in [0.05, 0.1) is 13.2 Å². The summed E-state index contributed by atoms with van der Waals surface area (Å²) in [4.78, 5) is 4.36. The average Bonchev–Trinajstić information content (AvgIpc) is 2.26. The summed E-state index contributed by atoms with van der Waals surface area (Å²) in [6, 6.07) is 0. The molecule has 1 atom stereocenters. The van der Waals surface area contributed by atoms with E-state index in [9.17, 15) is 0 Å². The molecule has 2 aliphatic heterocycles. The fourth-order valence-corrected chi connectivity index (χ4v) is 2.23. The minimum absolute atomic E-state index is 0.430. The van der Waals surface area contributed by atoms with Crippen molar-refractivity contribution in [3.63, 3.8) is 0 Å². The molecule has 0 amide bonds. The molecule has 5 nitrogen and oxygen atoms in total. The third kappa shape index (κ3) is 2.05. The van der Waals surface area contributed by atoms with Gasteiger partial charge in [-0.15, -0.1) is 0 Å². The Morgan fingerprint density at radius 1 is 1.56 bits per heavy atom. The predicted octanol–water partition coefficient (Wildman–Crippen LogP) is 0.424. The zero-order chi connectivity index (χ0) is 11.6. The molecule has 1 unspecified atom stereocenters. The van der Waals surface area contributed by atoms with E-state index in [0.29, 0.717) is 12.6 Å². The fourth-order valence-electron chi connectivity index (χ4n) is 2.23. The van der Waals surface area contributed by atoms with Crippen molar-refractivity contribution in [3.05, 3.63) is 11.3 Å². The Morgan fingerprint density at radius 2 is 2.38 bits per heavy atom. The summed E-state index contributed by atoms with van der Waals surface area (Å²) in [5.74, 6) is 0.430. The van der Waals surface area contributed by atoms with Crippen LogP contribution in [0, 0.1) is 0 Å². The van der Waals surface area contributed by atoms with Gasteiger partial charge in [0.15, 0.2) is 5.96 Å². The molecule has 0 saturated carbocycles. The Kier molecular flexibility index (Phi) is 3.16. The molecule has 90 valence electrons. The largest absolute Gasteiger partial charge is 0.376 e. The van der Waals surface area contributed by atoms with Gasteiger partial charge in [-0.25, -0.2) is 4.99 Å². The summed E-state index contributed by atoms with van der Waals surface area (Å²) in [6.07, 6.45) is 3.82. The van der Waals surface area contributed by atoms with E-state index in [1.54, 1.807) is 0 Å². The highest BCUT2D eigenvalue weighted by atomic mass is 16.5. The molecule has 0 radical (unpaired) electrons. The van der Waals surface area contributed by atoms with Crippen molar-refractivity contribution in [2.75, 3.05) is 13.2 Å². The molecule has 0 aromatic carbocycles. The van der Waals surface area contributed by atoms with Gasteiger partial charge in [-0.1, -0.05) is 13.3 Å². The molecule has 2 rings (SSSR count). The van der Waals surface area contributed by atoms with Gasteiger partial charge in [-0.2, -0.15) is 0 Å². The monoisotopic (exact) mass is 224 g/mol. The smallest absolute Gasteiger partial charge is 0.195 e. The molecule has 5 heteroatoms. The van der Waals surface area contributed by atoms with Gasteiger partial charge in [-0.3, -0.25) is 0 Å². The zero-order valence-corrected chi connectivity index (χ0v) is 9.75. The third-order valence-corrected chi connectivity index (χ3v) is 3.14. The lowest BCUT2D eigenvalue weighted by atomic mass is 9.90. The quantitative estimate of drug-likeness (QED) is 0.648. The predicted molar refractivity (Wildman–Crippen MR) is 63.7 cm³/mol. The van der Waals surface area contributed by atoms with Crippen LogP contribution in [0.1, 0.15) is 32.6 Å². The van der Waals surface area contributed by atoms with Crippen molar-refractivity contribution in [1.29, 1.82) is 0 Å². The number of hydrogen-bond acceptors (Lipinski definition) is 5. The van der Waals surface area contributed by atoms with Gasteiger partial charge < -0.3 is 21.5 Å². The fraction of sp³-hybridized carbons (Fsp3) is 0.727. The van der Waals surface area contributed by atoms with E-state index in [1.165, 1.54) is 0 Å².